The van der Waals surface area contributed by atoms with Crippen LogP contribution in [0.25, 0.3) is 0 Å². The lowest BCUT2D eigenvalue weighted by Gasteiger charge is -2.23. The average molecular weight is 403 g/mol. The van der Waals surface area contributed by atoms with E-state index in [-0.39, 0.29) is 5.82 Å². The Hall–Kier alpha value is -3.27. The third-order valence-corrected chi connectivity index (χ3v) is 4.40. The van der Waals surface area contributed by atoms with Crippen LogP contribution in [0.3, 0.4) is 0 Å². The highest BCUT2D eigenvalue weighted by atomic mass is 19.1. The van der Waals surface area contributed by atoms with Crippen molar-refractivity contribution in [2.45, 2.75) is 38.8 Å². The lowest BCUT2D eigenvalue weighted by molar-refractivity contribution is -0.156. The van der Waals surface area contributed by atoms with Crippen molar-refractivity contribution >= 4 is 11.7 Å². The number of halogens is 1. The van der Waals surface area contributed by atoms with Crippen molar-refractivity contribution < 1.29 is 13.9 Å². The van der Waals surface area contributed by atoms with Crippen LogP contribution >= 0.6 is 0 Å². The van der Waals surface area contributed by atoms with Crippen molar-refractivity contribution in [1.82, 2.24) is 0 Å². The Labute approximate surface area is 177 Å². The molecule has 3 aromatic carbocycles. The van der Waals surface area contributed by atoms with Gasteiger partial charge in [-0.1, -0.05) is 72.8 Å². The molecule has 30 heavy (non-hydrogen) atoms. The van der Waals surface area contributed by atoms with E-state index in [4.69, 9.17) is 9.73 Å². The van der Waals surface area contributed by atoms with Crippen LogP contribution in [0.1, 0.15) is 37.5 Å². The second kappa shape index (κ2) is 9.49. The first-order chi connectivity index (χ1) is 14.3. The Kier molecular flexibility index (Phi) is 6.78. The summed E-state index contributed by atoms with van der Waals surface area (Å²) < 4.78 is 19.0. The summed E-state index contributed by atoms with van der Waals surface area (Å²) in [5.41, 5.74) is 2.73. The van der Waals surface area contributed by atoms with Crippen molar-refractivity contribution in [3.05, 3.63) is 107 Å². The van der Waals surface area contributed by atoms with E-state index in [2.05, 4.69) is 0 Å². The fourth-order valence-electron chi connectivity index (χ4n) is 3.06. The van der Waals surface area contributed by atoms with Gasteiger partial charge in [0, 0.05) is 17.5 Å². The summed E-state index contributed by atoms with van der Waals surface area (Å²) in [5, 5.41) is 0. The van der Waals surface area contributed by atoms with Gasteiger partial charge in [0.05, 0.1) is 5.71 Å². The van der Waals surface area contributed by atoms with E-state index in [0.29, 0.717) is 12.1 Å². The summed E-state index contributed by atoms with van der Waals surface area (Å²) >= 11 is 0. The predicted molar refractivity (Wildman–Crippen MR) is 118 cm³/mol. The zero-order chi connectivity index (χ0) is 21.6. The third-order valence-electron chi connectivity index (χ3n) is 4.40. The number of hydrogen-bond donors (Lipinski definition) is 0. The van der Waals surface area contributed by atoms with Gasteiger partial charge >= 0.3 is 5.97 Å². The number of carbonyl (C=O) groups excluding carboxylic acids is 1. The van der Waals surface area contributed by atoms with Crippen molar-refractivity contribution in [1.29, 1.82) is 0 Å². The van der Waals surface area contributed by atoms with Crippen LogP contribution in [-0.2, 0) is 16.0 Å². The van der Waals surface area contributed by atoms with Crippen LogP contribution in [-0.4, -0.2) is 23.3 Å². The van der Waals surface area contributed by atoms with E-state index in [1.165, 1.54) is 12.1 Å². The molecule has 0 bridgehead atoms. The number of esters is 1. The van der Waals surface area contributed by atoms with E-state index < -0.39 is 17.6 Å². The van der Waals surface area contributed by atoms with Gasteiger partial charge in [-0.2, -0.15) is 0 Å². The van der Waals surface area contributed by atoms with Crippen molar-refractivity contribution in [3.8, 4) is 0 Å². The van der Waals surface area contributed by atoms with Crippen molar-refractivity contribution in [2.24, 2.45) is 4.99 Å². The molecule has 0 radical (unpaired) electrons. The summed E-state index contributed by atoms with van der Waals surface area (Å²) in [6.07, 6.45) is 0.318. The molecule has 3 aromatic rings. The topological polar surface area (TPSA) is 38.7 Å². The minimum absolute atomic E-state index is 0.315. The summed E-state index contributed by atoms with van der Waals surface area (Å²) in [6.45, 7) is 5.50. The molecule has 0 amide bonds. The van der Waals surface area contributed by atoms with Gasteiger partial charge in [-0.15, -0.1) is 0 Å². The molecule has 0 aliphatic rings. The van der Waals surface area contributed by atoms with E-state index in [1.807, 2.05) is 81.4 Å². The number of nitrogens with zero attached hydrogens (tertiary/aromatic N) is 1. The second-order valence-electron chi connectivity index (χ2n) is 8.09. The standard InChI is InChI=1S/C26H26FNO2/c1-26(2,3)30-25(29)23(18-19-14-16-22(27)17-15-19)28-24(20-10-6-4-7-11-20)21-12-8-5-9-13-21/h4-17,23H,18H2,1-3H3/t23-/m0/s1. The number of ether oxygens (including phenoxy) is 1. The molecule has 1 atom stereocenters. The van der Waals surface area contributed by atoms with Gasteiger partial charge in [0.15, 0.2) is 6.04 Å². The highest BCUT2D eigenvalue weighted by Gasteiger charge is 2.26. The number of rotatable bonds is 6. The fraction of sp³-hybridized carbons (Fsp3) is 0.231. The molecule has 0 aliphatic heterocycles. The minimum Gasteiger partial charge on any atom is -0.458 e. The molecule has 0 unspecified atom stereocenters. The fourth-order valence-corrected chi connectivity index (χ4v) is 3.06. The Morgan fingerprint density at radius 3 is 1.83 bits per heavy atom. The quantitative estimate of drug-likeness (QED) is 0.396. The molecule has 154 valence electrons. The summed E-state index contributed by atoms with van der Waals surface area (Å²) in [4.78, 5) is 17.9. The van der Waals surface area contributed by atoms with Crippen LogP contribution in [0.4, 0.5) is 4.39 Å². The van der Waals surface area contributed by atoms with E-state index in [9.17, 15) is 9.18 Å². The summed E-state index contributed by atoms with van der Waals surface area (Å²) in [7, 11) is 0. The number of aliphatic imine (C=N–C) groups is 1. The van der Waals surface area contributed by atoms with Gasteiger partial charge in [0.25, 0.3) is 0 Å². The Bertz CT molecular complexity index is 949. The largest absolute Gasteiger partial charge is 0.458 e. The molecule has 0 aliphatic carbocycles. The van der Waals surface area contributed by atoms with Gasteiger partial charge in [0.2, 0.25) is 0 Å². The zero-order valence-corrected chi connectivity index (χ0v) is 17.5. The van der Waals surface area contributed by atoms with Crippen molar-refractivity contribution in [3.63, 3.8) is 0 Å². The number of benzene rings is 3. The van der Waals surface area contributed by atoms with E-state index in [1.54, 1.807) is 12.1 Å². The highest BCUT2D eigenvalue weighted by Crippen LogP contribution is 2.18. The maximum Gasteiger partial charge on any atom is 0.331 e. The highest BCUT2D eigenvalue weighted by molar-refractivity contribution is 6.13. The minimum atomic E-state index is -0.759. The second-order valence-corrected chi connectivity index (χ2v) is 8.09. The number of carbonyl (C=O) groups is 1. The molecule has 4 heteroatoms. The van der Waals surface area contributed by atoms with Gasteiger partial charge in [-0.3, -0.25) is 4.99 Å². The van der Waals surface area contributed by atoms with E-state index in [0.717, 1.165) is 16.7 Å². The van der Waals surface area contributed by atoms with Crippen LogP contribution in [0.5, 0.6) is 0 Å². The first-order valence-corrected chi connectivity index (χ1v) is 9.98. The summed E-state index contributed by atoms with van der Waals surface area (Å²) in [6, 6.07) is 24.9. The first kappa shape index (κ1) is 21.4. The molecule has 3 nitrogen and oxygen atoms in total. The molecule has 0 N–H and O–H groups in total. The van der Waals surface area contributed by atoms with Gasteiger partial charge in [0.1, 0.15) is 11.4 Å². The lowest BCUT2D eigenvalue weighted by Crippen LogP contribution is -2.33. The monoisotopic (exact) mass is 403 g/mol. The predicted octanol–water partition coefficient (Wildman–Crippen LogP) is 5.62. The van der Waals surface area contributed by atoms with Crippen LogP contribution < -0.4 is 0 Å². The van der Waals surface area contributed by atoms with Crippen LogP contribution in [0.15, 0.2) is 89.9 Å². The first-order valence-electron chi connectivity index (χ1n) is 9.98. The van der Waals surface area contributed by atoms with Crippen LogP contribution in [0, 0.1) is 5.82 Å². The van der Waals surface area contributed by atoms with Gasteiger partial charge in [-0.05, 0) is 38.5 Å². The van der Waals surface area contributed by atoms with E-state index >= 15 is 0 Å². The molecule has 0 spiro atoms. The molecule has 0 heterocycles. The van der Waals surface area contributed by atoms with Crippen molar-refractivity contribution in [2.75, 3.05) is 0 Å². The molecule has 0 saturated carbocycles. The van der Waals surface area contributed by atoms with Gasteiger partial charge < -0.3 is 4.74 Å². The molecule has 0 saturated heterocycles. The Morgan fingerprint density at radius 1 is 0.867 bits per heavy atom. The van der Waals surface area contributed by atoms with Crippen LogP contribution in [0.2, 0.25) is 0 Å². The smallest absolute Gasteiger partial charge is 0.331 e. The molecule has 3 rings (SSSR count). The SMILES string of the molecule is CC(C)(C)OC(=O)[C@H](Cc1ccc(F)cc1)N=C(c1ccccc1)c1ccccc1. The Morgan fingerprint density at radius 2 is 1.37 bits per heavy atom. The maximum atomic E-state index is 13.3. The average Bonchev–Trinajstić information content (AvgIpc) is 2.72. The zero-order valence-electron chi connectivity index (χ0n) is 17.5. The Balaban J connectivity index is 2.05. The maximum absolute atomic E-state index is 13.3. The number of hydrogen-bond acceptors (Lipinski definition) is 3. The molecule has 0 aromatic heterocycles. The third kappa shape index (κ3) is 6.11. The molecule has 0 fully saturated rings. The van der Waals surface area contributed by atoms with Gasteiger partial charge in [-0.25, -0.2) is 9.18 Å². The summed E-state index contributed by atoms with van der Waals surface area (Å²) in [5.74, 6) is -0.721. The molecular formula is C26H26FNO2. The lowest BCUT2D eigenvalue weighted by atomic mass is 10.0. The normalized spacial score (nSPS) is 12.1. The molecular weight excluding hydrogens is 377 g/mol.